The summed E-state index contributed by atoms with van der Waals surface area (Å²) in [5.74, 6) is 0.0519. The Morgan fingerprint density at radius 1 is 1.17 bits per heavy atom. The van der Waals surface area contributed by atoms with E-state index in [4.69, 9.17) is 9.26 Å². The number of aliphatic hydroxyl groups excluding tert-OH is 1. The predicted octanol–water partition coefficient (Wildman–Crippen LogP) is 3.41. The van der Waals surface area contributed by atoms with Crippen LogP contribution in [-0.4, -0.2) is 78.7 Å². The molecule has 1 aliphatic heterocycles. The highest BCUT2D eigenvalue weighted by Crippen LogP contribution is 2.30. The summed E-state index contributed by atoms with van der Waals surface area (Å²) in [5.41, 5.74) is 1.85. The second-order valence-electron chi connectivity index (χ2n) is 10.6. The minimum absolute atomic E-state index is 0.0105. The van der Waals surface area contributed by atoms with Crippen molar-refractivity contribution in [3.8, 4) is 5.75 Å². The Labute approximate surface area is 245 Å². The zero-order valence-corrected chi connectivity index (χ0v) is 25.1. The Morgan fingerprint density at radius 3 is 2.50 bits per heavy atom. The van der Waals surface area contributed by atoms with Gasteiger partial charge in [0.05, 0.1) is 25.6 Å². The molecule has 2 aromatic carbocycles. The summed E-state index contributed by atoms with van der Waals surface area (Å²) < 4.78 is 39.6. The maximum Gasteiger partial charge on any atom is 0.323 e. The van der Waals surface area contributed by atoms with Crippen molar-refractivity contribution in [1.29, 1.82) is 0 Å². The van der Waals surface area contributed by atoms with Crippen LogP contribution in [0.25, 0.3) is 0 Å². The third kappa shape index (κ3) is 6.92. The number of nitrogens with zero attached hydrogens (tertiary/aromatic N) is 3. The molecule has 3 aromatic rings. The first-order chi connectivity index (χ1) is 19.9. The van der Waals surface area contributed by atoms with Crippen LogP contribution in [0.4, 0.5) is 16.2 Å². The number of hydrogen-bond donors (Lipinski definition) is 3. The molecule has 1 aliphatic rings. The van der Waals surface area contributed by atoms with Crippen LogP contribution < -0.4 is 15.4 Å². The van der Waals surface area contributed by atoms with Crippen molar-refractivity contribution in [2.24, 2.45) is 5.92 Å². The number of carbonyl (C=O) groups is 2. The smallest absolute Gasteiger partial charge is 0.323 e. The van der Waals surface area contributed by atoms with Crippen molar-refractivity contribution in [3.05, 3.63) is 65.5 Å². The van der Waals surface area contributed by atoms with Crippen LogP contribution in [0, 0.1) is 19.8 Å². The molecule has 0 fully saturated rings. The van der Waals surface area contributed by atoms with E-state index in [0.29, 0.717) is 22.7 Å². The summed E-state index contributed by atoms with van der Waals surface area (Å²) in [7, 11) is -2.50. The fourth-order valence-electron chi connectivity index (χ4n) is 4.89. The van der Waals surface area contributed by atoms with Gasteiger partial charge in [-0.1, -0.05) is 30.3 Å². The molecule has 226 valence electrons. The van der Waals surface area contributed by atoms with Crippen LogP contribution >= 0.6 is 0 Å². The zero-order chi connectivity index (χ0) is 30.6. The first kappa shape index (κ1) is 31.0. The van der Waals surface area contributed by atoms with E-state index in [1.165, 1.54) is 11.4 Å². The largest absolute Gasteiger partial charge is 0.488 e. The molecule has 3 amide bonds. The van der Waals surface area contributed by atoms with E-state index in [-0.39, 0.29) is 54.3 Å². The lowest BCUT2D eigenvalue weighted by molar-refractivity contribution is -0.134. The van der Waals surface area contributed by atoms with Crippen molar-refractivity contribution in [2.45, 2.75) is 51.2 Å². The maximum absolute atomic E-state index is 13.5. The quantitative estimate of drug-likeness (QED) is 0.356. The molecular formula is C29H37N5O7S. The second kappa shape index (κ2) is 12.9. The van der Waals surface area contributed by atoms with Crippen molar-refractivity contribution < 1.29 is 32.4 Å². The summed E-state index contributed by atoms with van der Waals surface area (Å²) in [4.78, 5) is 27.7. The Kier molecular flexibility index (Phi) is 9.54. The molecule has 0 aliphatic carbocycles. The first-order valence-electron chi connectivity index (χ1n) is 13.6. The number of aliphatic hydroxyl groups is 1. The van der Waals surface area contributed by atoms with E-state index in [1.54, 1.807) is 68.1 Å². The minimum Gasteiger partial charge on any atom is -0.488 e. The van der Waals surface area contributed by atoms with Gasteiger partial charge in [-0.05, 0) is 51.1 Å². The van der Waals surface area contributed by atoms with Gasteiger partial charge in [-0.15, -0.1) is 0 Å². The molecule has 4 rings (SSSR count). The average Bonchev–Trinajstić information content (AvgIpc) is 3.31. The lowest BCUT2D eigenvalue weighted by atomic mass is 10.0. The van der Waals surface area contributed by atoms with Gasteiger partial charge in [0, 0.05) is 36.4 Å². The molecule has 2 heterocycles. The number of rotatable bonds is 8. The number of fused-ring (bicyclic) bond motifs is 1. The van der Waals surface area contributed by atoms with Gasteiger partial charge in [-0.2, -0.15) is 4.31 Å². The fourth-order valence-corrected chi connectivity index (χ4v) is 6.36. The zero-order valence-electron chi connectivity index (χ0n) is 24.3. The summed E-state index contributed by atoms with van der Waals surface area (Å²) in [6.45, 7) is 6.71. The van der Waals surface area contributed by atoms with Crippen LogP contribution in [0.2, 0.25) is 0 Å². The van der Waals surface area contributed by atoms with E-state index < -0.39 is 28.2 Å². The molecule has 0 spiro atoms. The van der Waals surface area contributed by atoms with Gasteiger partial charge >= 0.3 is 6.03 Å². The SMILES string of the molecule is Cc1noc(C)c1S(=O)(=O)N(C)C[C@@H]1Oc2ccc(NC(=O)Nc3ccccc3)cc2CC(=O)N([C@H](C)CO)C[C@@H]1C. The Bertz CT molecular complexity index is 1510. The Morgan fingerprint density at radius 2 is 1.86 bits per heavy atom. The highest BCUT2D eigenvalue weighted by Gasteiger charge is 2.35. The fraction of sp³-hybridized carbons (Fsp3) is 0.414. The molecule has 3 N–H and O–H groups in total. The highest BCUT2D eigenvalue weighted by molar-refractivity contribution is 7.89. The Hall–Kier alpha value is -3.94. The number of anilines is 2. The average molecular weight is 600 g/mol. The molecule has 12 nitrogen and oxygen atoms in total. The standard InChI is InChI=1S/C29H37N5O7S/c1-18-15-34(19(2)17-35)27(36)14-22-13-24(31-29(37)30-23-9-7-6-8-10-23)11-12-25(22)40-26(18)16-33(5)42(38,39)28-20(3)32-41-21(28)4/h6-13,18-19,26,35H,14-17H2,1-5H3,(H2,30,31,37)/t18-,19+,26-/m0/s1. The number of hydrogen-bond acceptors (Lipinski definition) is 8. The monoisotopic (exact) mass is 599 g/mol. The Balaban J connectivity index is 1.63. The number of aromatic nitrogens is 1. The molecule has 0 saturated heterocycles. The van der Waals surface area contributed by atoms with Crippen molar-refractivity contribution in [2.75, 3.05) is 37.4 Å². The van der Waals surface area contributed by atoms with Crippen molar-refractivity contribution in [1.82, 2.24) is 14.4 Å². The molecule has 0 bridgehead atoms. The molecule has 1 aromatic heterocycles. The first-order valence-corrected chi connectivity index (χ1v) is 15.1. The van der Waals surface area contributed by atoms with E-state index in [2.05, 4.69) is 15.8 Å². The number of sulfonamides is 1. The number of likely N-dealkylation sites (N-methyl/N-ethyl adjacent to an activating group) is 1. The summed E-state index contributed by atoms with van der Waals surface area (Å²) in [6.07, 6.45) is -0.703. The van der Waals surface area contributed by atoms with E-state index >= 15 is 0 Å². The number of benzene rings is 2. The number of para-hydroxylation sites is 1. The van der Waals surface area contributed by atoms with Gasteiger partial charge in [0.1, 0.15) is 22.4 Å². The van der Waals surface area contributed by atoms with Crippen LogP contribution in [0.3, 0.4) is 0 Å². The number of carbonyl (C=O) groups excluding carboxylic acids is 2. The van der Waals surface area contributed by atoms with Gasteiger partial charge in [-0.3, -0.25) is 4.79 Å². The number of urea groups is 1. The number of ether oxygens (including phenoxy) is 1. The molecule has 0 unspecified atom stereocenters. The van der Waals surface area contributed by atoms with Gasteiger partial charge in [-0.25, -0.2) is 13.2 Å². The van der Waals surface area contributed by atoms with Gasteiger partial charge < -0.3 is 29.9 Å². The maximum atomic E-state index is 13.5. The minimum atomic E-state index is -3.96. The third-order valence-electron chi connectivity index (χ3n) is 7.28. The molecule has 0 radical (unpaired) electrons. The van der Waals surface area contributed by atoms with Gasteiger partial charge in [0.2, 0.25) is 15.9 Å². The van der Waals surface area contributed by atoms with Crippen LogP contribution in [-0.2, 0) is 21.2 Å². The number of nitrogens with one attached hydrogen (secondary N) is 2. The van der Waals surface area contributed by atoms with Crippen LogP contribution in [0.1, 0.15) is 30.9 Å². The number of aryl methyl sites for hydroxylation is 2. The lowest BCUT2D eigenvalue weighted by Crippen LogP contribution is -2.48. The van der Waals surface area contributed by atoms with Crippen LogP contribution in [0.15, 0.2) is 57.9 Å². The highest BCUT2D eigenvalue weighted by atomic mass is 32.2. The lowest BCUT2D eigenvalue weighted by Gasteiger charge is -2.33. The normalized spacial score (nSPS) is 18.4. The third-order valence-corrected chi connectivity index (χ3v) is 9.35. The van der Waals surface area contributed by atoms with Crippen LogP contribution in [0.5, 0.6) is 5.75 Å². The van der Waals surface area contributed by atoms with E-state index in [0.717, 1.165) is 0 Å². The van der Waals surface area contributed by atoms with Crippen molar-refractivity contribution in [3.63, 3.8) is 0 Å². The van der Waals surface area contributed by atoms with Crippen molar-refractivity contribution >= 4 is 33.3 Å². The predicted molar refractivity (Wildman–Crippen MR) is 157 cm³/mol. The topological polar surface area (TPSA) is 154 Å². The molecular weight excluding hydrogens is 562 g/mol. The molecule has 3 atom stereocenters. The summed E-state index contributed by atoms with van der Waals surface area (Å²) >= 11 is 0. The summed E-state index contributed by atoms with van der Waals surface area (Å²) in [6, 6.07) is 13.0. The van der Waals surface area contributed by atoms with E-state index in [9.17, 15) is 23.1 Å². The second-order valence-corrected chi connectivity index (χ2v) is 12.6. The van der Waals surface area contributed by atoms with E-state index in [1.807, 2.05) is 13.0 Å². The molecule has 0 saturated carbocycles. The molecule has 42 heavy (non-hydrogen) atoms. The molecule has 13 heteroatoms. The van der Waals surface area contributed by atoms with Gasteiger partial charge in [0.15, 0.2) is 5.76 Å². The van der Waals surface area contributed by atoms with Gasteiger partial charge in [0.25, 0.3) is 0 Å². The summed E-state index contributed by atoms with van der Waals surface area (Å²) in [5, 5.41) is 19.2. The number of amides is 3.